The summed E-state index contributed by atoms with van der Waals surface area (Å²) < 4.78 is 2.16. The molecule has 38 heavy (non-hydrogen) atoms. The van der Waals surface area contributed by atoms with E-state index < -0.39 is 6.04 Å². The molecular formula is C30H30Cl2N4O2. The molecule has 2 amide bonds. The first-order chi connectivity index (χ1) is 18.2. The van der Waals surface area contributed by atoms with Crippen molar-refractivity contribution in [3.05, 3.63) is 105 Å². The van der Waals surface area contributed by atoms with Crippen molar-refractivity contribution in [1.29, 1.82) is 0 Å². The number of para-hydroxylation sites is 1. The number of rotatable bonds is 8. The Hall–Kier alpha value is -3.61. The average Bonchev–Trinajstić information content (AvgIpc) is 3.14. The number of benzene rings is 3. The van der Waals surface area contributed by atoms with Crippen molar-refractivity contribution in [2.75, 3.05) is 0 Å². The van der Waals surface area contributed by atoms with Crippen molar-refractivity contribution in [1.82, 2.24) is 15.3 Å². The Morgan fingerprint density at radius 1 is 1.00 bits per heavy atom. The number of aromatic nitrogens is 1. The number of halogens is 2. The molecular weight excluding hydrogens is 519 g/mol. The van der Waals surface area contributed by atoms with Gasteiger partial charge in [-0.3, -0.25) is 9.59 Å². The summed E-state index contributed by atoms with van der Waals surface area (Å²) in [5.41, 5.74) is 8.00. The van der Waals surface area contributed by atoms with Crippen LogP contribution in [0.15, 0.2) is 71.8 Å². The number of hydrazone groups is 1. The third kappa shape index (κ3) is 6.09. The van der Waals surface area contributed by atoms with Gasteiger partial charge in [0, 0.05) is 44.3 Å². The van der Waals surface area contributed by atoms with Crippen LogP contribution in [0.1, 0.15) is 46.6 Å². The zero-order chi connectivity index (χ0) is 27.4. The van der Waals surface area contributed by atoms with Gasteiger partial charge < -0.3 is 9.88 Å². The third-order valence-corrected chi connectivity index (χ3v) is 7.13. The molecule has 0 saturated carbocycles. The molecule has 6 nitrogen and oxygen atoms in total. The molecule has 1 atom stereocenters. The first kappa shape index (κ1) is 27.4. The van der Waals surface area contributed by atoms with Gasteiger partial charge in [-0.1, -0.05) is 79.0 Å². The standard InChI is InChI=1S/C30H30Cl2N4O2/c1-18(2)28(34-29(37)21-11-9-19(3)10-12-21)30(38)35-33-16-25-20(4)36(27-8-6-5-7-24(25)27)17-22-13-14-23(31)15-26(22)32/h5-16,18,28H,17H2,1-4H3,(H,34,37)(H,35,38)/b33-16-. The van der Waals surface area contributed by atoms with Gasteiger partial charge >= 0.3 is 0 Å². The fraction of sp³-hybridized carbons (Fsp3) is 0.233. The lowest BCUT2D eigenvalue weighted by molar-refractivity contribution is -0.123. The zero-order valence-corrected chi connectivity index (χ0v) is 23.3. The predicted molar refractivity (Wildman–Crippen MR) is 155 cm³/mol. The van der Waals surface area contributed by atoms with Gasteiger partial charge in [-0.05, 0) is 55.7 Å². The Kier molecular flexibility index (Phi) is 8.55. The van der Waals surface area contributed by atoms with E-state index in [4.69, 9.17) is 23.2 Å². The fourth-order valence-corrected chi connectivity index (χ4v) is 4.81. The highest BCUT2D eigenvalue weighted by atomic mass is 35.5. The van der Waals surface area contributed by atoms with E-state index in [1.807, 2.05) is 76.2 Å². The molecule has 0 fully saturated rings. The Balaban J connectivity index is 1.54. The molecule has 4 rings (SSSR count). The predicted octanol–water partition coefficient (Wildman–Crippen LogP) is 6.52. The van der Waals surface area contributed by atoms with Crippen molar-refractivity contribution in [3.63, 3.8) is 0 Å². The lowest BCUT2D eigenvalue weighted by Crippen LogP contribution is -2.48. The van der Waals surface area contributed by atoms with Gasteiger partial charge in [0.2, 0.25) is 0 Å². The Morgan fingerprint density at radius 2 is 1.71 bits per heavy atom. The van der Waals surface area contributed by atoms with Gasteiger partial charge in [-0.25, -0.2) is 5.43 Å². The van der Waals surface area contributed by atoms with Crippen molar-refractivity contribution >= 4 is 52.1 Å². The number of nitrogens with zero attached hydrogens (tertiary/aromatic N) is 2. The number of nitrogens with one attached hydrogen (secondary N) is 2. The van der Waals surface area contributed by atoms with Gasteiger partial charge in [0.15, 0.2) is 0 Å². The number of hydrogen-bond donors (Lipinski definition) is 2. The summed E-state index contributed by atoms with van der Waals surface area (Å²) in [5, 5.41) is 9.29. The second kappa shape index (κ2) is 11.8. The molecule has 8 heteroatoms. The molecule has 1 unspecified atom stereocenters. The van der Waals surface area contributed by atoms with Crippen LogP contribution in [0, 0.1) is 19.8 Å². The Labute approximate surface area is 232 Å². The molecule has 0 radical (unpaired) electrons. The maximum absolute atomic E-state index is 13.0. The lowest BCUT2D eigenvalue weighted by atomic mass is 10.0. The lowest BCUT2D eigenvalue weighted by Gasteiger charge is -2.20. The number of aryl methyl sites for hydroxylation is 1. The molecule has 1 aromatic heterocycles. The molecule has 0 spiro atoms. The average molecular weight is 550 g/mol. The van der Waals surface area contributed by atoms with Crippen molar-refractivity contribution < 1.29 is 9.59 Å². The highest BCUT2D eigenvalue weighted by Crippen LogP contribution is 2.28. The Morgan fingerprint density at radius 3 is 2.39 bits per heavy atom. The molecule has 0 aliphatic heterocycles. The van der Waals surface area contributed by atoms with Crippen LogP contribution in [-0.4, -0.2) is 28.6 Å². The van der Waals surface area contributed by atoms with E-state index in [2.05, 4.69) is 20.4 Å². The van der Waals surface area contributed by atoms with Gasteiger partial charge in [-0.15, -0.1) is 0 Å². The molecule has 0 saturated heterocycles. The van der Waals surface area contributed by atoms with Crippen LogP contribution in [0.3, 0.4) is 0 Å². The van der Waals surface area contributed by atoms with Crippen LogP contribution in [0.5, 0.6) is 0 Å². The summed E-state index contributed by atoms with van der Waals surface area (Å²) in [6.45, 7) is 8.27. The monoisotopic (exact) mass is 548 g/mol. The van der Waals surface area contributed by atoms with E-state index in [1.54, 1.807) is 24.4 Å². The summed E-state index contributed by atoms with van der Waals surface area (Å²) in [4.78, 5) is 25.7. The smallest absolute Gasteiger partial charge is 0.262 e. The van der Waals surface area contributed by atoms with Crippen molar-refractivity contribution in [2.24, 2.45) is 11.0 Å². The number of carbonyl (C=O) groups is 2. The maximum atomic E-state index is 13.0. The largest absolute Gasteiger partial charge is 0.340 e. The fourth-order valence-electron chi connectivity index (χ4n) is 4.34. The third-order valence-electron chi connectivity index (χ3n) is 6.54. The van der Waals surface area contributed by atoms with Crippen LogP contribution in [0.2, 0.25) is 10.0 Å². The van der Waals surface area contributed by atoms with Crippen molar-refractivity contribution in [3.8, 4) is 0 Å². The second-order valence-corrected chi connectivity index (χ2v) is 10.5. The van der Waals surface area contributed by atoms with Crippen LogP contribution in [-0.2, 0) is 11.3 Å². The highest BCUT2D eigenvalue weighted by Gasteiger charge is 2.24. The first-order valence-corrected chi connectivity index (χ1v) is 13.1. The molecule has 1 heterocycles. The van der Waals surface area contributed by atoms with Gasteiger partial charge in [-0.2, -0.15) is 5.10 Å². The van der Waals surface area contributed by atoms with E-state index >= 15 is 0 Å². The Bertz CT molecular complexity index is 1510. The van der Waals surface area contributed by atoms with Gasteiger partial charge in [0.25, 0.3) is 11.8 Å². The van der Waals surface area contributed by atoms with E-state index in [-0.39, 0.29) is 17.7 Å². The second-order valence-electron chi connectivity index (χ2n) is 9.63. The van der Waals surface area contributed by atoms with Crippen molar-refractivity contribution in [2.45, 2.75) is 40.3 Å². The number of hydrogen-bond acceptors (Lipinski definition) is 3. The molecule has 2 N–H and O–H groups in total. The zero-order valence-electron chi connectivity index (χ0n) is 21.8. The molecule has 196 valence electrons. The quantitative estimate of drug-likeness (QED) is 0.194. The number of fused-ring (bicyclic) bond motifs is 1. The minimum absolute atomic E-state index is 0.132. The number of carbonyl (C=O) groups excluding carboxylic acids is 2. The summed E-state index contributed by atoms with van der Waals surface area (Å²) in [5.74, 6) is -0.818. The minimum Gasteiger partial charge on any atom is -0.340 e. The summed E-state index contributed by atoms with van der Waals surface area (Å²) in [6.07, 6.45) is 1.65. The summed E-state index contributed by atoms with van der Waals surface area (Å²) >= 11 is 12.5. The van der Waals surface area contributed by atoms with E-state index in [0.29, 0.717) is 22.2 Å². The van der Waals surface area contributed by atoms with Gasteiger partial charge in [0.05, 0.1) is 6.21 Å². The van der Waals surface area contributed by atoms with Crippen LogP contribution >= 0.6 is 23.2 Å². The van der Waals surface area contributed by atoms with Gasteiger partial charge in [0.1, 0.15) is 6.04 Å². The molecule has 0 aliphatic carbocycles. The molecule has 0 aliphatic rings. The minimum atomic E-state index is -0.740. The molecule has 0 bridgehead atoms. The molecule has 4 aromatic rings. The van der Waals surface area contributed by atoms with Crippen LogP contribution in [0.4, 0.5) is 0 Å². The normalized spacial score (nSPS) is 12.3. The summed E-state index contributed by atoms with van der Waals surface area (Å²) in [7, 11) is 0. The van der Waals surface area contributed by atoms with E-state index in [9.17, 15) is 9.59 Å². The maximum Gasteiger partial charge on any atom is 0.262 e. The first-order valence-electron chi connectivity index (χ1n) is 12.4. The van der Waals surface area contributed by atoms with E-state index in [1.165, 1.54) is 0 Å². The topological polar surface area (TPSA) is 75.5 Å². The van der Waals surface area contributed by atoms with E-state index in [0.717, 1.165) is 33.3 Å². The number of amides is 2. The summed E-state index contributed by atoms with van der Waals surface area (Å²) in [6, 6.07) is 20.0. The van der Waals surface area contributed by atoms with Crippen LogP contribution in [0.25, 0.3) is 10.9 Å². The van der Waals surface area contributed by atoms with Crippen LogP contribution < -0.4 is 10.7 Å². The SMILES string of the molecule is Cc1ccc(C(=O)NC(C(=O)N/N=C\c2c(C)n(Cc3ccc(Cl)cc3Cl)c3ccccc23)C(C)C)cc1. The molecule has 3 aromatic carbocycles. The highest BCUT2D eigenvalue weighted by molar-refractivity contribution is 6.35.